The smallest absolute Gasteiger partial charge is 0.406 e. The van der Waals surface area contributed by atoms with E-state index in [-0.39, 0.29) is 18.1 Å². The van der Waals surface area contributed by atoms with Crippen molar-refractivity contribution in [2.24, 2.45) is 0 Å². The highest BCUT2D eigenvalue weighted by Gasteiger charge is 2.31. The number of carbonyl (C=O) groups excluding carboxylic acids is 1. The number of nitrogens with zero attached hydrogens (tertiary/aromatic N) is 3. The molecule has 0 spiro atoms. The number of alkyl halides is 3. The molecule has 152 valence electrons. The fourth-order valence-corrected chi connectivity index (χ4v) is 3.19. The molecule has 1 heterocycles. The van der Waals surface area contributed by atoms with Crippen LogP contribution >= 0.6 is 0 Å². The Balaban J connectivity index is 1.46. The topological polar surface area (TPSA) is 56.6 Å². The highest BCUT2D eigenvalue weighted by Crippen LogP contribution is 2.23. The van der Waals surface area contributed by atoms with Gasteiger partial charge in [0.1, 0.15) is 5.75 Å². The van der Waals surface area contributed by atoms with Gasteiger partial charge in [-0.1, -0.05) is 24.3 Å². The van der Waals surface area contributed by atoms with Crippen LogP contribution in [0.25, 0.3) is 0 Å². The van der Waals surface area contributed by atoms with Crippen LogP contribution in [0.5, 0.6) is 5.75 Å². The van der Waals surface area contributed by atoms with Crippen molar-refractivity contribution in [3.05, 3.63) is 65.2 Å². The van der Waals surface area contributed by atoms with Crippen LogP contribution in [0.3, 0.4) is 0 Å². The van der Waals surface area contributed by atoms with Crippen molar-refractivity contribution < 1.29 is 22.7 Å². The van der Waals surface area contributed by atoms with Gasteiger partial charge in [-0.3, -0.25) is 9.69 Å². The van der Waals surface area contributed by atoms with Gasteiger partial charge in [-0.25, -0.2) is 0 Å². The lowest BCUT2D eigenvalue weighted by Crippen LogP contribution is -2.48. The van der Waals surface area contributed by atoms with Gasteiger partial charge in [-0.15, -0.1) is 13.2 Å². The van der Waals surface area contributed by atoms with E-state index in [0.717, 1.165) is 25.2 Å². The lowest BCUT2D eigenvalue weighted by molar-refractivity contribution is -0.274. The molecule has 2 aromatic carbocycles. The second-order valence-electron chi connectivity index (χ2n) is 6.83. The maximum atomic E-state index is 12.5. The number of halogens is 3. The minimum Gasteiger partial charge on any atom is -0.406 e. The van der Waals surface area contributed by atoms with Crippen molar-refractivity contribution in [3.8, 4) is 11.8 Å². The van der Waals surface area contributed by atoms with Crippen molar-refractivity contribution in [1.82, 2.24) is 9.80 Å². The van der Waals surface area contributed by atoms with Crippen LogP contribution in [-0.4, -0.2) is 48.2 Å². The van der Waals surface area contributed by atoms with E-state index >= 15 is 0 Å². The second kappa shape index (κ2) is 8.97. The highest BCUT2D eigenvalue weighted by atomic mass is 19.4. The summed E-state index contributed by atoms with van der Waals surface area (Å²) >= 11 is 0. The van der Waals surface area contributed by atoms with E-state index in [2.05, 4.69) is 15.7 Å². The van der Waals surface area contributed by atoms with E-state index in [0.29, 0.717) is 24.2 Å². The minimum absolute atomic E-state index is 0.0486. The van der Waals surface area contributed by atoms with Gasteiger partial charge in [-0.2, -0.15) is 5.26 Å². The summed E-state index contributed by atoms with van der Waals surface area (Å²) < 4.78 is 40.4. The molecular formula is C21H20F3N3O2. The Bertz CT molecular complexity index is 866. The number of rotatable bonds is 5. The summed E-state index contributed by atoms with van der Waals surface area (Å²) in [5, 5.41) is 8.85. The molecule has 1 aliphatic rings. The Kier molecular flexibility index (Phi) is 6.39. The second-order valence-corrected chi connectivity index (χ2v) is 6.83. The highest BCUT2D eigenvalue weighted by molar-refractivity contribution is 5.79. The van der Waals surface area contributed by atoms with E-state index in [1.165, 1.54) is 24.3 Å². The van der Waals surface area contributed by atoms with Gasteiger partial charge in [0.05, 0.1) is 18.1 Å². The van der Waals surface area contributed by atoms with Gasteiger partial charge >= 0.3 is 6.36 Å². The number of ether oxygens (including phenoxy) is 1. The predicted molar refractivity (Wildman–Crippen MR) is 99.8 cm³/mol. The number of benzene rings is 2. The van der Waals surface area contributed by atoms with Gasteiger partial charge in [-0.05, 0) is 35.4 Å². The first-order chi connectivity index (χ1) is 13.8. The summed E-state index contributed by atoms with van der Waals surface area (Å²) in [7, 11) is 0. The van der Waals surface area contributed by atoms with Crippen molar-refractivity contribution >= 4 is 5.91 Å². The fraction of sp³-hybridized carbons (Fsp3) is 0.333. The number of carbonyl (C=O) groups is 1. The first-order valence-corrected chi connectivity index (χ1v) is 9.16. The standard InChI is InChI=1S/C21H20F3N3O2/c22-21(23,24)29-19-7-5-16(6-8-19)13-20(28)27-11-9-26(10-12-27)15-18-3-1-17(14-25)2-4-18/h1-8H,9-13,15H2. The molecule has 0 aliphatic carbocycles. The summed E-state index contributed by atoms with van der Waals surface area (Å²) in [5.41, 5.74) is 2.39. The summed E-state index contributed by atoms with van der Waals surface area (Å²) in [6.45, 7) is 3.44. The fourth-order valence-electron chi connectivity index (χ4n) is 3.19. The van der Waals surface area contributed by atoms with E-state index in [1.807, 2.05) is 12.1 Å². The zero-order valence-corrected chi connectivity index (χ0v) is 15.7. The molecule has 8 heteroatoms. The van der Waals surface area contributed by atoms with Crippen molar-refractivity contribution in [2.75, 3.05) is 26.2 Å². The normalized spacial score (nSPS) is 15.0. The van der Waals surface area contributed by atoms with Gasteiger partial charge in [0.25, 0.3) is 0 Å². The molecule has 0 atom stereocenters. The minimum atomic E-state index is -4.73. The summed E-state index contributed by atoms with van der Waals surface area (Å²) in [6.07, 6.45) is -4.59. The first kappa shape index (κ1) is 20.7. The van der Waals surface area contributed by atoms with Crippen LogP contribution in [0.2, 0.25) is 0 Å². The Morgan fingerprint density at radius 1 is 0.966 bits per heavy atom. The third kappa shape index (κ3) is 6.22. The maximum Gasteiger partial charge on any atom is 0.573 e. The quantitative estimate of drug-likeness (QED) is 0.769. The van der Waals surface area contributed by atoms with Gasteiger partial charge < -0.3 is 9.64 Å². The molecule has 2 aromatic rings. The zero-order valence-electron chi connectivity index (χ0n) is 15.7. The Labute approximate surface area is 166 Å². The third-order valence-corrected chi connectivity index (χ3v) is 4.73. The SMILES string of the molecule is N#Cc1ccc(CN2CCN(C(=O)Cc3ccc(OC(F)(F)F)cc3)CC2)cc1. The monoisotopic (exact) mass is 403 g/mol. The molecule has 0 radical (unpaired) electrons. The number of amides is 1. The van der Waals surface area contributed by atoms with Crippen LogP contribution in [-0.2, 0) is 17.8 Å². The molecule has 1 amide bonds. The largest absolute Gasteiger partial charge is 0.573 e. The summed E-state index contributed by atoms with van der Waals surface area (Å²) in [6, 6.07) is 14.9. The molecule has 0 unspecified atom stereocenters. The van der Waals surface area contributed by atoms with Crippen LogP contribution in [0.1, 0.15) is 16.7 Å². The van der Waals surface area contributed by atoms with Crippen LogP contribution in [0.4, 0.5) is 13.2 Å². The molecule has 29 heavy (non-hydrogen) atoms. The number of hydrogen-bond donors (Lipinski definition) is 0. The summed E-state index contributed by atoms with van der Waals surface area (Å²) in [4.78, 5) is 16.5. The van der Waals surface area contributed by atoms with Crippen molar-refractivity contribution in [3.63, 3.8) is 0 Å². The van der Waals surface area contributed by atoms with E-state index in [9.17, 15) is 18.0 Å². The van der Waals surface area contributed by atoms with Gasteiger partial charge in [0, 0.05) is 32.7 Å². The summed E-state index contributed by atoms with van der Waals surface area (Å²) in [5.74, 6) is -0.349. The predicted octanol–water partition coefficient (Wildman–Crippen LogP) is 3.34. The average Bonchev–Trinajstić information content (AvgIpc) is 2.69. The lowest BCUT2D eigenvalue weighted by atomic mass is 10.1. The van der Waals surface area contributed by atoms with Crippen LogP contribution < -0.4 is 4.74 Å². The molecule has 0 saturated carbocycles. The van der Waals surface area contributed by atoms with E-state index in [1.54, 1.807) is 17.0 Å². The van der Waals surface area contributed by atoms with E-state index < -0.39 is 6.36 Å². The maximum absolute atomic E-state index is 12.5. The molecule has 0 N–H and O–H groups in total. The molecule has 1 saturated heterocycles. The van der Waals surface area contributed by atoms with Gasteiger partial charge in [0.2, 0.25) is 5.91 Å². The van der Waals surface area contributed by atoms with Crippen molar-refractivity contribution in [1.29, 1.82) is 5.26 Å². The van der Waals surface area contributed by atoms with Crippen LogP contribution in [0.15, 0.2) is 48.5 Å². The zero-order chi connectivity index (χ0) is 20.9. The van der Waals surface area contributed by atoms with Crippen LogP contribution in [0, 0.1) is 11.3 Å². The van der Waals surface area contributed by atoms with E-state index in [4.69, 9.17) is 5.26 Å². The first-order valence-electron chi connectivity index (χ1n) is 9.16. The molecule has 3 rings (SSSR count). The molecule has 0 aromatic heterocycles. The molecular weight excluding hydrogens is 383 g/mol. The van der Waals surface area contributed by atoms with Crippen molar-refractivity contribution in [2.45, 2.75) is 19.3 Å². The Morgan fingerprint density at radius 2 is 1.55 bits per heavy atom. The lowest BCUT2D eigenvalue weighted by Gasteiger charge is -2.34. The van der Waals surface area contributed by atoms with Gasteiger partial charge in [0.15, 0.2) is 0 Å². The average molecular weight is 403 g/mol. The molecule has 0 bridgehead atoms. The Hall–Kier alpha value is -3.05. The third-order valence-electron chi connectivity index (χ3n) is 4.73. The Morgan fingerprint density at radius 3 is 2.10 bits per heavy atom. The number of hydrogen-bond acceptors (Lipinski definition) is 4. The molecule has 1 fully saturated rings. The number of nitriles is 1. The molecule has 5 nitrogen and oxygen atoms in total. The molecule has 1 aliphatic heterocycles. The number of piperazine rings is 1.